The summed E-state index contributed by atoms with van der Waals surface area (Å²) in [4.78, 5) is 0. The molecule has 0 unspecified atom stereocenters. The Bertz CT molecular complexity index is 297. The zero-order valence-electron chi connectivity index (χ0n) is 21.3. The summed E-state index contributed by atoms with van der Waals surface area (Å²) in [6.45, 7) is 14.8. The molecular formula is C29H58. The lowest BCUT2D eigenvalue weighted by molar-refractivity contribution is 0.578. The maximum atomic E-state index is 3.72. The molecule has 0 atom stereocenters. The Hall–Kier alpha value is -0.780. The summed E-state index contributed by atoms with van der Waals surface area (Å²) in [6.07, 6.45) is 35.2. The summed E-state index contributed by atoms with van der Waals surface area (Å²) in [5.41, 5.74) is 0. The van der Waals surface area contributed by atoms with Crippen molar-refractivity contribution in [2.75, 3.05) is 0 Å². The summed E-state index contributed by atoms with van der Waals surface area (Å²) < 4.78 is 0. The molecule has 0 fully saturated rings. The van der Waals surface area contributed by atoms with Crippen LogP contribution >= 0.6 is 0 Å². The van der Waals surface area contributed by atoms with Gasteiger partial charge in [-0.2, -0.15) is 0 Å². The minimum Gasteiger partial charge on any atom is -0.103 e. The largest absolute Gasteiger partial charge is 0.103 e. The van der Waals surface area contributed by atoms with Gasteiger partial charge >= 0.3 is 0 Å². The number of allylic oxidation sites excluding steroid dienone is 5. The smallest absolute Gasteiger partial charge is 0.0351 e. The molecule has 0 saturated carbocycles. The maximum absolute atomic E-state index is 3.72. The van der Waals surface area contributed by atoms with Crippen LogP contribution in [0.5, 0.6) is 0 Å². The molecule has 0 aliphatic rings. The summed E-state index contributed by atoms with van der Waals surface area (Å²) in [7, 11) is 0. The Balaban J connectivity index is -0.000000362. The van der Waals surface area contributed by atoms with Crippen molar-refractivity contribution in [3.63, 3.8) is 0 Å². The molecule has 0 rings (SSSR count). The van der Waals surface area contributed by atoms with Crippen LogP contribution in [0.25, 0.3) is 0 Å². The van der Waals surface area contributed by atoms with Crippen molar-refractivity contribution in [3.05, 3.63) is 37.0 Å². The number of unbranched alkanes of at least 4 members (excludes halogenated alkanes) is 13. The highest BCUT2D eigenvalue weighted by Crippen LogP contribution is 2.09. The van der Waals surface area contributed by atoms with Gasteiger partial charge in [-0.3, -0.25) is 0 Å². The van der Waals surface area contributed by atoms with E-state index in [0.717, 1.165) is 0 Å². The zero-order valence-corrected chi connectivity index (χ0v) is 21.3. The molecule has 0 heterocycles. The van der Waals surface area contributed by atoms with Crippen molar-refractivity contribution < 1.29 is 0 Å². The van der Waals surface area contributed by atoms with Crippen molar-refractivity contribution in [1.82, 2.24) is 0 Å². The van der Waals surface area contributed by atoms with Gasteiger partial charge < -0.3 is 0 Å². The van der Waals surface area contributed by atoms with E-state index in [1.54, 1.807) is 0 Å². The van der Waals surface area contributed by atoms with E-state index in [9.17, 15) is 0 Å². The lowest BCUT2D eigenvalue weighted by Crippen LogP contribution is -1.79. The Morgan fingerprint density at radius 1 is 0.414 bits per heavy atom. The summed E-state index contributed by atoms with van der Waals surface area (Å²) >= 11 is 0. The van der Waals surface area contributed by atoms with Gasteiger partial charge in [0.1, 0.15) is 0 Å². The Kier molecular flexibility index (Phi) is 43.0. The fourth-order valence-electron chi connectivity index (χ4n) is 2.85. The first-order valence-electron chi connectivity index (χ1n) is 13.2. The van der Waals surface area contributed by atoms with Gasteiger partial charge in [-0.1, -0.05) is 136 Å². The molecule has 0 aromatic carbocycles. The van der Waals surface area contributed by atoms with Crippen LogP contribution in [-0.4, -0.2) is 0 Å². The first kappa shape index (κ1) is 32.9. The average Bonchev–Trinajstić information content (AvgIpc) is 2.74. The van der Waals surface area contributed by atoms with E-state index in [-0.39, 0.29) is 0 Å². The van der Waals surface area contributed by atoms with Crippen molar-refractivity contribution in [3.8, 4) is 0 Å². The van der Waals surface area contributed by atoms with E-state index >= 15 is 0 Å². The summed E-state index contributed by atoms with van der Waals surface area (Å²) in [5.74, 6) is 0. The van der Waals surface area contributed by atoms with Crippen LogP contribution in [0.1, 0.15) is 150 Å². The van der Waals surface area contributed by atoms with E-state index in [1.165, 1.54) is 116 Å². The topological polar surface area (TPSA) is 0 Å². The molecule has 0 amide bonds. The predicted molar refractivity (Wildman–Crippen MR) is 140 cm³/mol. The van der Waals surface area contributed by atoms with Gasteiger partial charge in [-0.25, -0.2) is 0 Å². The Morgan fingerprint density at radius 3 is 1.28 bits per heavy atom. The van der Waals surface area contributed by atoms with E-state index in [4.69, 9.17) is 0 Å². The fraction of sp³-hybridized carbons (Fsp3) is 0.793. The van der Waals surface area contributed by atoms with Gasteiger partial charge in [0, 0.05) is 0 Å². The van der Waals surface area contributed by atoms with E-state index in [2.05, 4.69) is 65.5 Å². The second-order valence-electron chi connectivity index (χ2n) is 7.95. The molecule has 0 aromatic heterocycles. The van der Waals surface area contributed by atoms with Crippen LogP contribution in [-0.2, 0) is 0 Å². The lowest BCUT2D eigenvalue weighted by Gasteiger charge is -1.99. The van der Waals surface area contributed by atoms with Crippen LogP contribution in [0.15, 0.2) is 37.0 Å². The first-order valence-corrected chi connectivity index (χ1v) is 13.2. The molecule has 29 heavy (non-hydrogen) atoms. The fourth-order valence-corrected chi connectivity index (χ4v) is 2.85. The van der Waals surface area contributed by atoms with Crippen molar-refractivity contribution in [1.29, 1.82) is 0 Å². The Morgan fingerprint density at radius 2 is 0.828 bits per heavy atom. The van der Waals surface area contributed by atoms with Crippen LogP contribution in [0.4, 0.5) is 0 Å². The normalized spacial score (nSPS) is 10.5. The molecule has 0 aromatic rings. The van der Waals surface area contributed by atoms with E-state index in [1.807, 2.05) is 6.08 Å². The monoisotopic (exact) mass is 406 g/mol. The lowest BCUT2D eigenvalue weighted by atomic mass is 10.1. The molecular weight excluding hydrogens is 348 g/mol. The highest BCUT2D eigenvalue weighted by atomic mass is 14.0. The number of hydrogen-bond donors (Lipinski definition) is 0. The molecule has 0 radical (unpaired) electrons. The molecule has 0 heteroatoms. The predicted octanol–water partition coefficient (Wildman–Crippen LogP) is 11.4. The summed E-state index contributed by atoms with van der Waals surface area (Å²) in [5, 5.41) is 0. The molecule has 0 aliphatic heterocycles. The van der Waals surface area contributed by atoms with Gasteiger partial charge in [0.2, 0.25) is 0 Å². The van der Waals surface area contributed by atoms with Gasteiger partial charge in [-0.15, -0.1) is 6.58 Å². The molecule has 0 aliphatic carbocycles. The maximum Gasteiger partial charge on any atom is -0.0351 e. The van der Waals surface area contributed by atoms with Gasteiger partial charge in [0.25, 0.3) is 0 Å². The van der Waals surface area contributed by atoms with Gasteiger partial charge in [-0.05, 0) is 44.9 Å². The second kappa shape index (κ2) is 37.9. The third-order valence-electron chi connectivity index (χ3n) is 4.75. The van der Waals surface area contributed by atoms with E-state index < -0.39 is 0 Å². The molecule has 174 valence electrons. The first-order chi connectivity index (χ1) is 14.2. The van der Waals surface area contributed by atoms with Crippen LogP contribution < -0.4 is 0 Å². The standard InChI is InChI=1S/C12H24.C10H20.C7H14/c1-3-5-7-9-11-12-10-8-6-4-2;1-3-5-7-9-10-8-6-4-2;1-3-5-7-6-4-2/h3H,1,4-12H2,2H3;5,7H,3-4,6,8-10H2,1-2H3;5,7H,3-4,6H2,1-2H3. The third kappa shape index (κ3) is 46.9. The van der Waals surface area contributed by atoms with E-state index in [0.29, 0.717) is 0 Å². The van der Waals surface area contributed by atoms with Crippen LogP contribution in [0.2, 0.25) is 0 Å². The van der Waals surface area contributed by atoms with Gasteiger partial charge in [0.05, 0.1) is 0 Å². The Labute approximate surface area is 187 Å². The highest BCUT2D eigenvalue weighted by Gasteiger charge is 1.89. The van der Waals surface area contributed by atoms with Crippen LogP contribution in [0.3, 0.4) is 0 Å². The molecule has 0 N–H and O–H groups in total. The minimum absolute atomic E-state index is 1.18. The summed E-state index contributed by atoms with van der Waals surface area (Å²) in [6, 6.07) is 0. The van der Waals surface area contributed by atoms with Crippen LogP contribution in [0, 0.1) is 0 Å². The second-order valence-corrected chi connectivity index (χ2v) is 7.95. The number of rotatable bonds is 18. The molecule has 0 nitrogen and oxygen atoms in total. The average molecular weight is 407 g/mol. The zero-order chi connectivity index (χ0) is 22.3. The van der Waals surface area contributed by atoms with Crippen molar-refractivity contribution >= 4 is 0 Å². The SMILES string of the molecule is C=CCCCCCCCCCC.CCC=CCCC.CCC=CCCCCCC. The molecule has 0 bridgehead atoms. The minimum atomic E-state index is 1.18. The highest BCUT2D eigenvalue weighted by molar-refractivity contribution is 4.79. The molecule has 0 saturated heterocycles. The molecule has 0 spiro atoms. The van der Waals surface area contributed by atoms with Gasteiger partial charge in [0.15, 0.2) is 0 Å². The third-order valence-corrected chi connectivity index (χ3v) is 4.75. The number of hydrogen-bond acceptors (Lipinski definition) is 0. The quantitative estimate of drug-likeness (QED) is 0.157. The van der Waals surface area contributed by atoms with Crippen molar-refractivity contribution in [2.45, 2.75) is 150 Å². The van der Waals surface area contributed by atoms with Crippen molar-refractivity contribution in [2.24, 2.45) is 0 Å².